The van der Waals surface area contributed by atoms with Crippen LogP contribution in [0.4, 0.5) is 5.00 Å². The van der Waals surface area contributed by atoms with Crippen molar-refractivity contribution in [2.75, 3.05) is 18.2 Å². The van der Waals surface area contributed by atoms with E-state index in [9.17, 15) is 9.59 Å². The summed E-state index contributed by atoms with van der Waals surface area (Å²) in [5.74, 6) is 0.671. The van der Waals surface area contributed by atoms with Gasteiger partial charge in [-0.3, -0.25) is 4.79 Å². The van der Waals surface area contributed by atoms with Crippen LogP contribution in [0, 0.1) is 0 Å². The van der Waals surface area contributed by atoms with Crippen LogP contribution in [0.3, 0.4) is 0 Å². The fourth-order valence-corrected chi connectivity index (χ4v) is 3.90. The molecule has 0 bridgehead atoms. The van der Waals surface area contributed by atoms with Gasteiger partial charge in [-0.15, -0.1) is 21.5 Å². The van der Waals surface area contributed by atoms with E-state index in [0.717, 1.165) is 5.82 Å². The second-order valence-corrected chi connectivity index (χ2v) is 7.81. The lowest BCUT2D eigenvalue weighted by Crippen LogP contribution is -2.16. The minimum atomic E-state index is -0.467. The first-order valence-corrected chi connectivity index (χ1v) is 9.74. The molecule has 2 aromatic heterocycles. The van der Waals surface area contributed by atoms with Crippen LogP contribution in [-0.2, 0) is 9.53 Å². The number of nitrogens with one attached hydrogen (secondary N) is 1. The number of rotatable bonds is 7. The number of carbonyl (C=O) groups excluding carboxylic acids is 2. The van der Waals surface area contributed by atoms with E-state index in [4.69, 9.17) is 4.74 Å². The summed E-state index contributed by atoms with van der Waals surface area (Å²) >= 11 is 2.61. The number of carbonyl (C=O) groups is 2. The summed E-state index contributed by atoms with van der Waals surface area (Å²) in [6, 6.07) is 1.84. The van der Waals surface area contributed by atoms with Gasteiger partial charge in [0, 0.05) is 12.0 Å². The Kier molecular flexibility index (Phi) is 6.60. The second kappa shape index (κ2) is 8.48. The molecule has 0 aliphatic heterocycles. The SMILES string of the molecule is COC(=O)c1ccsc1NC(=O)CSc1nnc(C(C)C)n1C(C)C. The lowest BCUT2D eigenvalue weighted by Gasteiger charge is -2.15. The Balaban J connectivity index is 2.04. The van der Waals surface area contributed by atoms with Gasteiger partial charge in [-0.1, -0.05) is 25.6 Å². The van der Waals surface area contributed by atoms with E-state index in [1.54, 1.807) is 11.4 Å². The van der Waals surface area contributed by atoms with Crippen molar-refractivity contribution in [1.82, 2.24) is 14.8 Å². The Morgan fingerprint density at radius 3 is 2.64 bits per heavy atom. The largest absolute Gasteiger partial charge is 0.465 e. The third-order valence-corrected chi connectivity index (χ3v) is 5.15. The van der Waals surface area contributed by atoms with E-state index in [1.165, 1.54) is 30.2 Å². The summed E-state index contributed by atoms with van der Waals surface area (Å²) in [6.45, 7) is 8.26. The van der Waals surface area contributed by atoms with Crippen LogP contribution >= 0.6 is 23.1 Å². The predicted molar refractivity (Wildman–Crippen MR) is 99.5 cm³/mol. The molecule has 0 atom stereocenters. The van der Waals surface area contributed by atoms with E-state index in [-0.39, 0.29) is 23.6 Å². The smallest absolute Gasteiger partial charge is 0.340 e. The quantitative estimate of drug-likeness (QED) is 0.582. The van der Waals surface area contributed by atoms with E-state index >= 15 is 0 Å². The van der Waals surface area contributed by atoms with Crippen LogP contribution in [0.25, 0.3) is 0 Å². The number of nitrogens with zero attached hydrogens (tertiary/aromatic N) is 3. The van der Waals surface area contributed by atoms with Gasteiger partial charge < -0.3 is 14.6 Å². The molecule has 0 spiro atoms. The summed E-state index contributed by atoms with van der Waals surface area (Å²) in [6.07, 6.45) is 0. The first-order valence-electron chi connectivity index (χ1n) is 7.88. The Morgan fingerprint density at radius 1 is 1.32 bits per heavy atom. The van der Waals surface area contributed by atoms with Gasteiger partial charge in [-0.05, 0) is 25.3 Å². The molecule has 7 nitrogen and oxygen atoms in total. The van der Waals surface area contributed by atoms with Gasteiger partial charge in [-0.2, -0.15) is 0 Å². The number of thioether (sulfide) groups is 1. The minimum absolute atomic E-state index is 0.182. The van der Waals surface area contributed by atoms with Gasteiger partial charge in [0.05, 0.1) is 18.4 Å². The minimum Gasteiger partial charge on any atom is -0.465 e. The fraction of sp³-hybridized carbons (Fsp3) is 0.500. The van der Waals surface area contributed by atoms with Crippen molar-refractivity contribution in [2.45, 2.75) is 44.8 Å². The van der Waals surface area contributed by atoms with E-state index in [2.05, 4.69) is 43.2 Å². The highest BCUT2D eigenvalue weighted by molar-refractivity contribution is 7.99. The number of anilines is 1. The molecule has 2 heterocycles. The van der Waals surface area contributed by atoms with Crippen molar-refractivity contribution in [3.05, 3.63) is 22.8 Å². The number of hydrogen-bond acceptors (Lipinski definition) is 7. The van der Waals surface area contributed by atoms with Gasteiger partial charge >= 0.3 is 5.97 Å². The summed E-state index contributed by atoms with van der Waals surface area (Å²) in [5, 5.41) is 14.1. The molecule has 2 rings (SSSR count). The third-order valence-electron chi connectivity index (χ3n) is 3.38. The molecular weight excluding hydrogens is 360 g/mol. The van der Waals surface area contributed by atoms with Crippen molar-refractivity contribution in [3.8, 4) is 0 Å². The highest BCUT2D eigenvalue weighted by atomic mass is 32.2. The van der Waals surface area contributed by atoms with E-state index in [0.29, 0.717) is 15.7 Å². The number of esters is 1. The monoisotopic (exact) mass is 382 g/mol. The summed E-state index contributed by atoms with van der Waals surface area (Å²) in [4.78, 5) is 23.9. The van der Waals surface area contributed by atoms with Gasteiger partial charge in [0.15, 0.2) is 5.16 Å². The molecule has 0 radical (unpaired) electrons. The average Bonchev–Trinajstić information content (AvgIpc) is 3.18. The molecule has 25 heavy (non-hydrogen) atoms. The van der Waals surface area contributed by atoms with Crippen molar-refractivity contribution < 1.29 is 14.3 Å². The first kappa shape index (κ1) is 19.5. The lowest BCUT2D eigenvalue weighted by atomic mass is 10.2. The highest BCUT2D eigenvalue weighted by Crippen LogP contribution is 2.27. The number of thiophene rings is 1. The van der Waals surface area contributed by atoms with Gasteiger partial charge in [0.25, 0.3) is 0 Å². The zero-order valence-corrected chi connectivity index (χ0v) is 16.5. The molecule has 0 unspecified atom stereocenters. The van der Waals surface area contributed by atoms with Gasteiger partial charge in [0.1, 0.15) is 10.8 Å². The molecule has 0 saturated carbocycles. The van der Waals surface area contributed by atoms with Crippen LogP contribution in [0.15, 0.2) is 16.6 Å². The number of hydrogen-bond donors (Lipinski definition) is 1. The molecule has 0 saturated heterocycles. The maximum atomic E-state index is 12.2. The zero-order valence-electron chi connectivity index (χ0n) is 14.9. The first-order chi connectivity index (χ1) is 11.8. The molecule has 0 aliphatic carbocycles. The summed E-state index contributed by atoms with van der Waals surface area (Å²) in [5.41, 5.74) is 0.360. The van der Waals surface area contributed by atoms with Gasteiger partial charge in [-0.25, -0.2) is 4.79 Å². The maximum Gasteiger partial charge on any atom is 0.340 e. The third kappa shape index (κ3) is 4.60. The van der Waals surface area contributed by atoms with Crippen LogP contribution in [-0.4, -0.2) is 39.5 Å². The topological polar surface area (TPSA) is 86.1 Å². The van der Waals surface area contributed by atoms with Crippen molar-refractivity contribution in [1.29, 1.82) is 0 Å². The van der Waals surface area contributed by atoms with Crippen LogP contribution in [0.2, 0.25) is 0 Å². The second-order valence-electron chi connectivity index (χ2n) is 5.95. The van der Waals surface area contributed by atoms with E-state index < -0.39 is 5.97 Å². The average molecular weight is 383 g/mol. The molecular formula is C16H22N4O3S2. The fourth-order valence-electron chi connectivity index (χ4n) is 2.24. The van der Waals surface area contributed by atoms with Gasteiger partial charge in [0.2, 0.25) is 5.91 Å². The Labute approximate surface area is 155 Å². The molecule has 2 aromatic rings. The molecule has 1 N–H and O–H groups in total. The number of methoxy groups -OCH3 is 1. The number of amides is 1. The Hall–Kier alpha value is -1.87. The maximum absolute atomic E-state index is 12.2. The molecule has 0 aromatic carbocycles. The lowest BCUT2D eigenvalue weighted by molar-refractivity contribution is -0.113. The van der Waals surface area contributed by atoms with Crippen LogP contribution in [0.1, 0.15) is 55.8 Å². The molecule has 0 fully saturated rings. The zero-order chi connectivity index (χ0) is 18.6. The molecule has 136 valence electrons. The predicted octanol–water partition coefficient (Wildman–Crippen LogP) is 3.56. The molecule has 1 amide bonds. The molecule has 9 heteroatoms. The summed E-state index contributed by atoms with van der Waals surface area (Å²) < 4.78 is 6.75. The Morgan fingerprint density at radius 2 is 2.04 bits per heavy atom. The van der Waals surface area contributed by atoms with Crippen LogP contribution < -0.4 is 5.32 Å². The number of aromatic nitrogens is 3. The normalized spacial score (nSPS) is 11.2. The van der Waals surface area contributed by atoms with Crippen molar-refractivity contribution in [3.63, 3.8) is 0 Å². The van der Waals surface area contributed by atoms with Crippen LogP contribution in [0.5, 0.6) is 0 Å². The number of ether oxygens (including phenoxy) is 1. The van der Waals surface area contributed by atoms with Crippen molar-refractivity contribution in [2.24, 2.45) is 0 Å². The molecule has 0 aliphatic rings. The standard InChI is InChI=1S/C16H22N4O3S2/c1-9(2)13-18-19-16(20(13)10(3)4)25-8-12(21)17-14-11(6-7-24-14)15(22)23-5/h6-7,9-10H,8H2,1-5H3,(H,17,21). The Bertz CT molecular complexity index is 752. The van der Waals surface area contributed by atoms with E-state index in [1.807, 2.05) is 4.57 Å². The van der Waals surface area contributed by atoms with Crippen molar-refractivity contribution >= 4 is 40.0 Å². The highest BCUT2D eigenvalue weighted by Gasteiger charge is 2.19. The summed E-state index contributed by atoms with van der Waals surface area (Å²) in [7, 11) is 1.31.